The third-order valence-electron chi connectivity index (χ3n) is 7.03. The van der Waals surface area contributed by atoms with Crippen LogP contribution in [0.3, 0.4) is 0 Å². The first-order chi connectivity index (χ1) is 19.7. The summed E-state index contributed by atoms with van der Waals surface area (Å²) in [6.07, 6.45) is 3.76. The van der Waals surface area contributed by atoms with E-state index in [0.717, 1.165) is 30.0 Å². The van der Waals surface area contributed by atoms with Gasteiger partial charge in [0.15, 0.2) is 0 Å². The molecular weight excluding hydrogens is 525 g/mol. The van der Waals surface area contributed by atoms with Gasteiger partial charge in [-0.05, 0) is 48.2 Å². The van der Waals surface area contributed by atoms with Crippen LogP contribution in [0.4, 0.5) is 24.5 Å². The van der Waals surface area contributed by atoms with Crippen LogP contribution in [0.25, 0.3) is 0 Å². The van der Waals surface area contributed by atoms with E-state index in [1.54, 1.807) is 18.2 Å². The Morgan fingerprint density at radius 3 is 2.34 bits per heavy atom. The molecule has 0 aliphatic carbocycles. The lowest BCUT2D eigenvalue weighted by Crippen LogP contribution is -2.49. The first-order valence-corrected chi connectivity index (χ1v) is 13.9. The largest absolute Gasteiger partial charge is 0.348 e. The van der Waals surface area contributed by atoms with Gasteiger partial charge in [0.05, 0.1) is 24.5 Å². The molecule has 0 fully saturated rings. The van der Waals surface area contributed by atoms with Crippen LogP contribution in [0.1, 0.15) is 61.2 Å². The molecule has 1 heterocycles. The standard InChI is InChI=1S/C31H33F3N4O.C2H6.H2/c1-6-9-22-11-8-10-20(3)26(22)19-37-21(4)38(14-7-2)36(5)29-13-12-23(15-30(29)37)31(39)35-18-25-27(33)16-24(32)17-28(25)34;1-2;/h7-8,10-13,15-17H,2,4,6,9,14,18-19H2,1,3,5H3,(H,35,39);1-2H3;1H. The molecule has 0 spiro atoms. The van der Waals surface area contributed by atoms with E-state index in [-0.39, 0.29) is 1.43 Å². The Morgan fingerprint density at radius 1 is 1.02 bits per heavy atom. The van der Waals surface area contributed by atoms with E-state index in [9.17, 15) is 18.0 Å². The number of carbonyl (C=O) groups is 1. The van der Waals surface area contributed by atoms with Gasteiger partial charge in [-0.1, -0.05) is 58.0 Å². The molecule has 0 atom stereocenters. The molecule has 0 radical (unpaired) electrons. The van der Waals surface area contributed by atoms with E-state index < -0.39 is 35.5 Å². The number of hydrogen-bond donors (Lipinski definition) is 1. The highest BCUT2D eigenvalue weighted by Gasteiger charge is 2.31. The molecule has 4 rings (SSSR count). The van der Waals surface area contributed by atoms with E-state index in [0.29, 0.717) is 30.8 Å². The number of anilines is 2. The molecule has 0 aromatic heterocycles. The SMILES string of the molecule is C=CCN1C(=C)N(Cc2c(C)cccc2CCC)c2cc(C(=O)NCc3c(F)cc(F)cc3F)ccc2N1C.CC.[HH]. The van der Waals surface area contributed by atoms with Crippen LogP contribution in [0.15, 0.2) is 73.6 Å². The summed E-state index contributed by atoms with van der Waals surface area (Å²) in [7, 11) is 1.92. The zero-order chi connectivity index (χ0) is 30.3. The zero-order valence-electron chi connectivity index (χ0n) is 24.5. The highest BCUT2D eigenvalue weighted by Crippen LogP contribution is 2.40. The highest BCUT2D eigenvalue weighted by molar-refractivity contribution is 5.97. The van der Waals surface area contributed by atoms with Crippen molar-refractivity contribution in [2.45, 2.75) is 53.6 Å². The Kier molecular flexibility index (Phi) is 10.6. The second kappa shape index (κ2) is 13.9. The van der Waals surface area contributed by atoms with Crippen LogP contribution < -0.4 is 15.2 Å². The maximum Gasteiger partial charge on any atom is 0.251 e. The first kappa shape index (κ1) is 31.3. The molecule has 0 unspecified atom stereocenters. The van der Waals surface area contributed by atoms with Gasteiger partial charge in [0, 0.05) is 38.3 Å². The third-order valence-corrected chi connectivity index (χ3v) is 7.03. The molecule has 220 valence electrons. The van der Waals surface area contributed by atoms with Gasteiger partial charge in [0.25, 0.3) is 5.91 Å². The van der Waals surface area contributed by atoms with Crippen LogP contribution >= 0.6 is 0 Å². The number of fused-ring (bicyclic) bond motifs is 1. The summed E-state index contributed by atoms with van der Waals surface area (Å²) in [4.78, 5) is 15.2. The molecular formula is C33H41F3N4O. The number of nitrogens with one attached hydrogen (secondary N) is 1. The summed E-state index contributed by atoms with van der Waals surface area (Å²) in [5.74, 6) is -2.90. The molecule has 5 nitrogen and oxygen atoms in total. The number of nitrogens with zero attached hydrogens (tertiary/aromatic N) is 3. The Balaban J connectivity index is 0.00000201. The summed E-state index contributed by atoms with van der Waals surface area (Å²) >= 11 is 0. The van der Waals surface area contributed by atoms with Crippen LogP contribution in [0.5, 0.6) is 0 Å². The van der Waals surface area contributed by atoms with Gasteiger partial charge in [-0.2, -0.15) is 0 Å². The van der Waals surface area contributed by atoms with Crippen LogP contribution in [-0.4, -0.2) is 24.5 Å². The molecule has 0 saturated heterocycles. The van der Waals surface area contributed by atoms with E-state index in [2.05, 4.69) is 55.4 Å². The smallest absolute Gasteiger partial charge is 0.251 e. The summed E-state index contributed by atoms with van der Waals surface area (Å²) in [6, 6.07) is 12.7. The Labute approximate surface area is 243 Å². The number of benzene rings is 3. The van der Waals surface area contributed by atoms with Gasteiger partial charge in [-0.25, -0.2) is 13.2 Å². The van der Waals surface area contributed by atoms with Gasteiger partial charge in [0.2, 0.25) is 0 Å². The fourth-order valence-electron chi connectivity index (χ4n) is 4.93. The molecule has 41 heavy (non-hydrogen) atoms. The maximum atomic E-state index is 14.1. The number of rotatable bonds is 9. The second-order valence-corrected chi connectivity index (χ2v) is 9.59. The Hall–Kier alpha value is -4.20. The van der Waals surface area contributed by atoms with E-state index in [1.165, 1.54) is 16.7 Å². The van der Waals surface area contributed by atoms with Crippen LogP contribution in [0, 0.1) is 24.4 Å². The molecule has 3 aromatic rings. The summed E-state index contributed by atoms with van der Waals surface area (Å²) in [5, 5.41) is 6.53. The van der Waals surface area contributed by atoms with Gasteiger partial charge in [-0.15, -0.1) is 6.58 Å². The number of aryl methyl sites for hydroxylation is 2. The van der Waals surface area contributed by atoms with Gasteiger partial charge >= 0.3 is 0 Å². The van der Waals surface area contributed by atoms with Crippen molar-refractivity contribution in [1.29, 1.82) is 0 Å². The fourth-order valence-corrected chi connectivity index (χ4v) is 4.93. The highest BCUT2D eigenvalue weighted by atomic mass is 19.1. The molecule has 0 bridgehead atoms. The van der Waals surface area contributed by atoms with Crippen molar-refractivity contribution < 1.29 is 19.4 Å². The van der Waals surface area contributed by atoms with Crippen molar-refractivity contribution in [1.82, 2.24) is 10.3 Å². The lowest BCUT2D eigenvalue weighted by molar-refractivity contribution is 0.0950. The predicted octanol–water partition coefficient (Wildman–Crippen LogP) is 7.90. The fraction of sp³-hybridized carbons (Fsp3) is 0.303. The van der Waals surface area contributed by atoms with Crippen molar-refractivity contribution in [2.75, 3.05) is 23.5 Å². The summed E-state index contributed by atoms with van der Waals surface area (Å²) in [6.45, 7) is 17.2. The number of amides is 1. The van der Waals surface area contributed by atoms with Gasteiger partial charge in [-0.3, -0.25) is 14.8 Å². The molecule has 1 N–H and O–H groups in total. The van der Waals surface area contributed by atoms with E-state index >= 15 is 0 Å². The minimum atomic E-state index is -1.05. The Bertz CT molecular complexity index is 1410. The predicted molar refractivity (Wildman–Crippen MR) is 163 cm³/mol. The quantitative estimate of drug-likeness (QED) is 0.267. The molecule has 3 aromatic carbocycles. The van der Waals surface area contributed by atoms with Crippen molar-refractivity contribution >= 4 is 17.3 Å². The normalized spacial score (nSPS) is 12.5. The van der Waals surface area contributed by atoms with Crippen molar-refractivity contribution in [3.63, 3.8) is 0 Å². The first-order valence-electron chi connectivity index (χ1n) is 13.9. The molecule has 1 aliphatic rings. The number of carbonyl (C=O) groups excluding carboxylic acids is 1. The number of hydrazine groups is 1. The molecule has 8 heteroatoms. The lowest BCUT2D eigenvalue weighted by atomic mass is 9.97. The van der Waals surface area contributed by atoms with E-state index in [1.807, 2.05) is 37.0 Å². The van der Waals surface area contributed by atoms with Gasteiger partial charge in [0.1, 0.15) is 23.3 Å². The molecule has 1 aliphatic heterocycles. The summed E-state index contributed by atoms with van der Waals surface area (Å²) < 4.78 is 41.4. The van der Waals surface area contributed by atoms with Crippen molar-refractivity contribution in [2.24, 2.45) is 0 Å². The lowest BCUT2D eigenvalue weighted by Gasteiger charge is -2.47. The zero-order valence-corrected chi connectivity index (χ0v) is 24.5. The van der Waals surface area contributed by atoms with Crippen LogP contribution in [-0.2, 0) is 19.5 Å². The maximum absolute atomic E-state index is 14.1. The number of hydrogen-bond acceptors (Lipinski definition) is 4. The average Bonchev–Trinajstić information content (AvgIpc) is 2.95. The van der Waals surface area contributed by atoms with E-state index in [4.69, 9.17) is 0 Å². The average molecular weight is 567 g/mol. The molecule has 1 amide bonds. The minimum absolute atomic E-state index is 0. The second-order valence-electron chi connectivity index (χ2n) is 9.59. The van der Waals surface area contributed by atoms with Gasteiger partial charge < -0.3 is 10.2 Å². The topological polar surface area (TPSA) is 38.8 Å². The monoisotopic (exact) mass is 566 g/mol. The van der Waals surface area contributed by atoms with Crippen LogP contribution in [0.2, 0.25) is 0 Å². The minimum Gasteiger partial charge on any atom is -0.348 e. The number of halogens is 3. The third kappa shape index (κ3) is 6.76. The molecule has 0 saturated carbocycles. The Morgan fingerprint density at radius 2 is 1.71 bits per heavy atom. The van der Waals surface area contributed by atoms with Crippen molar-refractivity contribution in [3.05, 3.63) is 119 Å². The summed E-state index contributed by atoms with van der Waals surface area (Å²) in [5.41, 5.74) is 5.19. The van der Waals surface area contributed by atoms with Crippen molar-refractivity contribution in [3.8, 4) is 0 Å².